The molecule has 0 aromatic heterocycles. The molecular weight excluding hydrogens is 526 g/mol. The Bertz CT molecular complexity index is 1390. The number of carbonyl (C=O) groups excluding carboxylic acids is 1. The predicted molar refractivity (Wildman–Crippen MR) is 159 cm³/mol. The molecule has 5 rings (SSSR count). The number of likely N-dealkylation sites (N-methyl/N-ethyl adjacent to an activating group) is 1. The zero-order valence-electron chi connectivity index (χ0n) is 23.3. The number of rotatable bonds is 9. The van der Waals surface area contributed by atoms with Crippen LogP contribution in [-0.2, 0) is 11.2 Å². The molecule has 0 spiro atoms. The van der Waals surface area contributed by atoms with Gasteiger partial charge in [-0.3, -0.25) is 14.5 Å². The maximum absolute atomic E-state index is 14.7. The van der Waals surface area contributed by atoms with Gasteiger partial charge in [-0.25, -0.2) is 8.78 Å². The molecule has 1 aliphatic heterocycles. The molecule has 1 heterocycles. The van der Waals surface area contributed by atoms with E-state index < -0.39 is 0 Å². The van der Waals surface area contributed by atoms with Gasteiger partial charge in [0.15, 0.2) is 0 Å². The zero-order chi connectivity index (χ0) is 28.2. The largest absolute Gasteiger partial charge is 0.360 e. The van der Waals surface area contributed by atoms with Crippen LogP contribution in [0.25, 0.3) is 0 Å². The van der Waals surface area contributed by atoms with Crippen LogP contribution >= 0.6 is 11.9 Å². The highest BCUT2D eigenvalue weighted by atomic mass is 32.2. The Labute approximate surface area is 239 Å². The fraction of sp³-hybridized carbons (Fsp3) is 0.375. The van der Waals surface area contributed by atoms with Crippen LogP contribution in [0.1, 0.15) is 60.4 Å². The number of benzene rings is 3. The summed E-state index contributed by atoms with van der Waals surface area (Å²) >= 11 is 1.50. The lowest BCUT2D eigenvalue weighted by molar-refractivity contribution is -0.118. The van der Waals surface area contributed by atoms with Crippen molar-refractivity contribution in [3.63, 3.8) is 0 Å². The molecule has 0 fully saturated rings. The summed E-state index contributed by atoms with van der Waals surface area (Å²) in [6.07, 6.45) is 3.22. The minimum Gasteiger partial charge on any atom is -0.360 e. The molecule has 1 aliphatic carbocycles. The molecule has 0 saturated heterocycles. The molecule has 3 aromatic carbocycles. The molecule has 1 amide bonds. The first kappa shape index (κ1) is 28.3. The van der Waals surface area contributed by atoms with E-state index in [0.717, 1.165) is 54.3 Å². The summed E-state index contributed by atoms with van der Waals surface area (Å²) in [5.41, 5.74) is 4.68. The van der Waals surface area contributed by atoms with E-state index in [1.165, 1.54) is 41.3 Å². The average molecular weight is 563 g/mol. The molecule has 2 unspecified atom stereocenters. The Kier molecular flexibility index (Phi) is 8.86. The third-order valence-electron chi connectivity index (χ3n) is 7.83. The first-order valence-electron chi connectivity index (χ1n) is 13.9. The van der Waals surface area contributed by atoms with Crippen LogP contribution in [0, 0.1) is 18.6 Å². The molecule has 0 saturated carbocycles. The van der Waals surface area contributed by atoms with Crippen LogP contribution < -0.4 is 9.62 Å². The van der Waals surface area contributed by atoms with E-state index in [4.69, 9.17) is 0 Å². The maximum Gasteiger partial charge on any atom is 0.228 e. The van der Waals surface area contributed by atoms with Gasteiger partial charge >= 0.3 is 0 Å². The van der Waals surface area contributed by atoms with Crippen molar-refractivity contribution < 1.29 is 13.6 Å². The van der Waals surface area contributed by atoms with Gasteiger partial charge in [-0.05, 0) is 109 Å². The Morgan fingerprint density at radius 2 is 1.95 bits per heavy atom. The summed E-state index contributed by atoms with van der Waals surface area (Å²) in [6.45, 7) is 5.69. The molecule has 8 heteroatoms. The second-order valence-corrected chi connectivity index (χ2v) is 11.7. The monoisotopic (exact) mass is 562 g/mol. The lowest BCUT2D eigenvalue weighted by Gasteiger charge is -2.30. The van der Waals surface area contributed by atoms with E-state index in [1.54, 1.807) is 18.2 Å². The summed E-state index contributed by atoms with van der Waals surface area (Å²) in [6, 6.07) is 18.1. The smallest absolute Gasteiger partial charge is 0.228 e. The van der Waals surface area contributed by atoms with Gasteiger partial charge in [-0.15, -0.1) is 0 Å². The molecule has 2 atom stereocenters. The van der Waals surface area contributed by atoms with Gasteiger partial charge in [0, 0.05) is 36.6 Å². The summed E-state index contributed by atoms with van der Waals surface area (Å²) in [4.78, 5) is 23.4. The third-order valence-corrected chi connectivity index (χ3v) is 8.74. The number of nitrogens with zero attached hydrogens (tertiary/aromatic N) is 3. The molecule has 1 N–H and O–H groups in total. The highest BCUT2D eigenvalue weighted by molar-refractivity contribution is 7.97. The molecule has 210 valence electrons. The Morgan fingerprint density at radius 1 is 1.15 bits per heavy atom. The van der Waals surface area contributed by atoms with Gasteiger partial charge in [0.1, 0.15) is 17.5 Å². The van der Waals surface area contributed by atoms with E-state index in [2.05, 4.69) is 26.7 Å². The van der Waals surface area contributed by atoms with Crippen LogP contribution in [0.2, 0.25) is 0 Å². The standard InChI is InChI=1S/C32H36F2N4OS/c1-21-7-14-27(29(34)17-21)22(2)18-32(39)38(20-31-35-15-16-37(31)3)25-11-8-23-5-4-6-30(28(23)19-25)36-40-26-12-9-24(33)10-13-26/h7-14,17,19,22,30,36H,4-6,15-16,18,20H2,1-3H3. The molecular formula is C32H36F2N4OS. The number of aliphatic imine (C=N–C) groups is 1. The highest BCUT2D eigenvalue weighted by Gasteiger charge is 2.27. The number of hydrogen-bond donors (Lipinski definition) is 1. The van der Waals surface area contributed by atoms with Gasteiger partial charge in [-0.2, -0.15) is 0 Å². The van der Waals surface area contributed by atoms with Crippen molar-refractivity contribution in [2.24, 2.45) is 4.99 Å². The molecule has 5 nitrogen and oxygen atoms in total. The number of amides is 1. The number of amidine groups is 1. The number of carbonyl (C=O) groups is 1. The first-order valence-corrected chi connectivity index (χ1v) is 14.7. The number of halogens is 2. The van der Waals surface area contributed by atoms with Crippen LogP contribution in [0.4, 0.5) is 14.5 Å². The molecule has 3 aromatic rings. The van der Waals surface area contributed by atoms with Crippen LogP contribution in [-0.4, -0.2) is 43.3 Å². The highest BCUT2D eigenvalue weighted by Crippen LogP contribution is 2.36. The van der Waals surface area contributed by atoms with Crippen molar-refractivity contribution in [1.82, 2.24) is 9.62 Å². The summed E-state index contributed by atoms with van der Waals surface area (Å²) < 4.78 is 31.6. The van der Waals surface area contributed by atoms with Crippen molar-refractivity contribution >= 4 is 29.4 Å². The number of aryl methyl sites for hydroxylation is 2. The Balaban J connectivity index is 1.40. The predicted octanol–water partition coefficient (Wildman–Crippen LogP) is 6.82. The number of hydrogen-bond acceptors (Lipinski definition) is 5. The molecule has 40 heavy (non-hydrogen) atoms. The van der Waals surface area contributed by atoms with Gasteiger partial charge in [0.25, 0.3) is 0 Å². The van der Waals surface area contributed by atoms with Crippen molar-refractivity contribution in [3.05, 3.63) is 94.6 Å². The van der Waals surface area contributed by atoms with E-state index in [-0.39, 0.29) is 35.9 Å². The van der Waals surface area contributed by atoms with Crippen molar-refractivity contribution in [2.45, 2.75) is 56.4 Å². The summed E-state index contributed by atoms with van der Waals surface area (Å²) in [7, 11) is 2.00. The van der Waals surface area contributed by atoms with E-state index in [9.17, 15) is 13.6 Å². The van der Waals surface area contributed by atoms with Crippen molar-refractivity contribution in [1.29, 1.82) is 0 Å². The minimum atomic E-state index is -0.270. The molecule has 0 bridgehead atoms. The van der Waals surface area contributed by atoms with Gasteiger partial charge < -0.3 is 9.80 Å². The normalized spacial score (nSPS) is 17.4. The molecule has 0 radical (unpaired) electrons. The van der Waals surface area contributed by atoms with Crippen molar-refractivity contribution in [2.75, 3.05) is 31.6 Å². The lowest BCUT2D eigenvalue weighted by atomic mass is 9.87. The number of fused-ring (bicyclic) bond motifs is 1. The Hall–Kier alpha value is -3.23. The van der Waals surface area contributed by atoms with Crippen LogP contribution in [0.5, 0.6) is 0 Å². The molecule has 2 aliphatic rings. The third kappa shape index (κ3) is 6.56. The fourth-order valence-electron chi connectivity index (χ4n) is 5.45. The number of nitrogens with one attached hydrogen (secondary N) is 1. The Morgan fingerprint density at radius 3 is 2.67 bits per heavy atom. The zero-order valence-corrected chi connectivity index (χ0v) is 24.1. The maximum atomic E-state index is 14.7. The quantitative estimate of drug-likeness (QED) is 0.291. The van der Waals surface area contributed by atoms with Crippen LogP contribution in [0.15, 0.2) is 70.6 Å². The van der Waals surface area contributed by atoms with Crippen molar-refractivity contribution in [3.8, 4) is 0 Å². The minimum absolute atomic E-state index is 0.0589. The lowest BCUT2D eigenvalue weighted by Crippen LogP contribution is -2.40. The average Bonchev–Trinajstić information content (AvgIpc) is 3.35. The fourth-order valence-corrected chi connectivity index (χ4v) is 6.24. The second kappa shape index (κ2) is 12.5. The van der Waals surface area contributed by atoms with Gasteiger partial charge in [-0.1, -0.05) is 25.1 Å². The first-order chi connectivity index (χ1) is 19.3. The van der Waals surface area contributed by atoms with E-state index >= 15 is 0 Å². The van der Waals surface area contributed by atoms with E-state index in [1.807, 2.05) is 37.9 Å². The van der Waals surface area contributed by atoms with Gasteiger partial charge in [0.2, 0.25) is 5.91 Å². The SMILES string of the molecule is Cc1ccc(C(C)CC(=O)N(CC2=NCCN2C)c2ccc3c(c2)C(NSc2ccc(F)cc2)CCC3)c(F)c1. The number of anilines is 1. The topological polar surface area (TPSA) is 47.9 Å². The van der Waals surface area contributed by atoms with Crippen LogP contribution in [0.3, 0.4) is 0 Å². The van der Waals surface area contributed by atoms with E-state index in [0.29, 0.717) is 12.1 Å². The van der Waals surface area contributed by atoms with Gasteiger partial charge in [0.05, 0.1) is 13.1 Å². The summed E-state index contributed by atoms with van der Waals surface area (Å²) in [5.74, 6) is 0.0306. The summed E-state index contributed by atoms with van der Waals surface area (Å²) in [5, 5.41) is 0. The second-order valence-electron chi connectivity index (χ2n) is 10.8.